The minimum absolute atomic E-state index is 1.02. The van der Waals surface area contributed by atoms with Crippen LogP contribution in [0.5, 0.6) is 0 Å². The second kappa shape index (κ2) is 7.24. The van der Waals surface area contributed by atoms with Gasteiger partial charge in [0, 0.05) is 28.0 Å². The van der Waals surface area contributed by atoms with E-state index in [4.69, 9.17) is 0 Å². The summed E-state index contributed by atoms with van der Waals surface area (Å²) >= 11 is 1.96. The van der Waals surface area contributed by atoms with Crippen LogP contribution < -0.4 is 0 Å². The van der Waals surface area contributed by atoms with Crippen LogP contribution in [0.25, 0.3) is 10.1 Å². The Kier molecular flexibility index (Phi) is 5.09. The van der Waals surface area contributed by atoms with Crippen LogP contribution in [-0.4, -0.2) is 30.5 Å². The van der Waals surface area contributed by atoms with E-state index in [0.29, 0.717) is 0 Å². The summed E-state index contributed by atoms with van der Waals surface area (Å²) in [5, 5.41) is 1.43. The topological polar surface area (TPSA) is 16.1 Å². The van der Waals surface area contributed by atoms with E-state index in [0.717, 1.165) is 25.8 Å². The first-order valence-corrected chi connectivity index (χ1v) is 9.01. The first-order valence-electron chi connectivity index (χ1n) is 8.19. The number of pyridine rings is 1. The van der Waals surface area contributed by atoms with Crippen LogP contribution in [0, 0.1) is 6.92 Å². The van der Waals surface area contributed by atoms with Gasteiger partial charge in [-0.3, -0.25) is 4.98 Å². The molecule has 0 amide bonds. The third-order valence-corrected chi connectivity index (χ3v) is 5.57. The molecule has 2 nitrogen and oxygen atoms in total. The fraction of sp³-hybridized carbons (Fsp3) is 0.350. The van der Waals surface area contributed by atoms with E-state index in [9.17, 15) is 0 Å². The number of fused-ring (bicyclic) bond motifs is 1. The molecule has 2 heterocycles. The Hall–Kier alpha value is -1.71. The van der Waals surface area contributed by atoms with Gasteiger partial charge in [0.2, 0.25) is 0 Å². The van der Waals surface area contributed by atoms with Gasteiger partial charge in [-0.25, -0.2) is 0 Å². The number of hydrogen-bond donors (Lipinski definition) is 0. The second-order valence-electron chi connectivity index (χ2n) is 6.32. The summed E-state index contributed by atoms with van der Waals surface area (Å²) in [4.78, 5) is 8.35. The van der Waals surface area contributed by atoms with E-state index in [-0.39, 0.29) is 0 Å². The summed E-state index contributed by atoms with van der Waals surface area (Å²) in [6.45, 7) is 3.25. The molecule has 3 aromatic rings. The molecule has 0 saturated heterocycles. The number of likely N-dealkylation sites (N-methyl/N-ethyl adjacent to an activating group) is 1. The van der Waals surface area contributed by atoms with E-state index < -0.39 is 0 Å². The first-order chi connectivity index (χ1) is 11.1. The molecule has 0 bridgehead atoms. The molecular formula is C20H24N2S. The monoisotopic (exact) mass is 324 g/mol. The molecule has 0 unspecified atom stereocenters. The molecule has 0 saturated carbocycles. The average molecular weight is 324 g/mol. The molecule has 0 N–H and O–H groups in total. The van der Waals surface area contributed by atoms with Crippen molar-refractivity contribution in [3.05, 3.63) is 64.3 Å². The average Bonchev–Trinajstić information content (AvgIpc) is 2.90. The predicted octanol–water partition coefficient (Wildman–Crippen LogP) is 4.49. The zero-order valence-corrected chi connectivity index (χ0v) is 15.0. The van der Waals surface area contributed by atoms with Crippen molar-refractivity contribution >= 4 is 21.4 Å². The minimum atomic E-state index is 1.02. The maximum atomic E-state index is 4.56. The number of hydrogen-bond acceptors (Lipinski definition) is 3. The van der Waals surface area contributed by atoms with Crippen LogP contribution in [0.15, 0.2) is 42.6 Å². The van der Waals surface area contributed by atoms with Gasteiger partial charge in [0.05, 0.1) is 0 Å². The van der Waals surface area contributed by atoms with Gasteiger partial charge in [-0.2, -0.15) is 0 Å². The Morgan fingerprint density at radius 1 is 1.00 bits per heavy atom. The number of aryl methyl sites for hydroxylation is 3. The molecule has 3 heteroatoms. The van der Waals surface area contributed by atoms with Gasteiger partial charge in [0.25, 0.3) is 0 Å². The van der Waals surface area contributed by atoms with Gasteiger partial charge >= 0.3 is 0 Å². The quantitative estimate of drug-likeness (QED) is 0.664. The smallest absolute Gasteiger partial charge is 0.0436 e. The van der Waals surface area contributed by atoms with Crippen molar-refractivity contribution in [3.8, 4) is 0 Å². The van der Waals surface area contributed by atoms with Gasteiger partial charge in [-0.1, -0.05) is 24.3 Å². The lowest BCUT2D eigenvalue weighted by Crippen LogP contribution is -2.15. The van der Waals surface area contributed by atoms with E-state index in [1.54, 1.807) is 0 Å². The molecule has 0 fully saturated rings. The lowest BCUT2D eigenvalue weighted by atomic mass is 10.0. The molecule has 1 aromatic carbocycles. The molecule has 23 heavy (non-hydrogen) atoms. The zero-order valence-electron chi connectivity index (χ0n) is 14.2. The first kappa shape index (κ1) is 16.2. The van der Waals surface area contributed by atoms with Gasteiger partial charge in [0.1, 0.15) is 0 Å². The van der Waals surface area contributed by atoms with E-state index in [1.165, 1.54) is 31.8 Å². The van der Waals surface area contributed by atoms with Crippen LogP contribution in [0.2, 0.25) is 0 Å². The van der Waals surface area contributed by atoms with Crippen molar-refractivity contribution in [1.29, 1.82) is 0 Å². The number of aromatic nitrogens is 1. The Labute approximate surface area is 142 Å². The summed E-state index contributed by atoms with van der Waals surface area (Å²) in [7, 11) is 4.29. The van der Waals surface area contributed by atoms with Crippen LogP contribution in [0.3, 0.4) is 0 Å². The highest BCUT2D eigenvalue weighted by molar-refractivity contribution is 7.19. The van der Waals surface area contributed by atoms with Crippen LogP contribution in [0.4, 0.5) is 0 Å². The van der Waals surface area contributed by atoms with Crippen molar-refractivity contribution in [2.45, 2.75) is 26.2 Å². The lowest BCUT2D eigenvalue weighted by molar-refractivity contribution is 0.414. The maximum absolute atomic E-state index is 4.56. The fourth-order valence-corrected chi connectivity index (χ4v) is 4.22. The van der Waals surface area contributed by atoms with Gasteiger partial charge in [0.15, 0.2) is 0 Å². The lowest BCUT2D eigenvalue weighted by Gasteiger charge is -2.10. The third kappa shape index (κ3) is 3.80. The summed E-state index contributed by atoms with van der Waals surface area (Å²) in [6, 6.07) is 13.0. The van der Waals surface area contributed by atoms with Gasteiger partial charge in [-0.05, 0) is 68.9 Å². The van der Waals surface area contributed by atoms with Gasteiger partial charge < -0.3 is 4.90 Å². The molecule has 0 aliphatic heterocycles. The Balaban J connectivity index is 1.88. The van der Waals surface area contributed by atoms with E-state index in [2.05, 4.69) is 61.2 Å². The summed E-state index contributed by atoms with van der Waals surface area (Å²) in [5.74, 6) is 0. The van der Waals surface area contributed by atoms with Crippen molar-refractivity contribution in [1.82, 2.24) is 9.88 Å². The summed E-state index contributed by atoms with van der Waals surface area (Å²) in [6.07, 6.45) is 5.12. The van der Waals surface area contributed by atoms with Crippen LogP contribution in [-0.2, 0) is 19.3 Å². The summed E-state index contributed by atoms with van der Waals surface area (Å²) < 4.78 is 1.41. The maximum Gasteiger partial charge on any atom is 0.0436 e. The predicted molar refractivity (Wildman–Crippen MR) is 100 cm³/mol. The van der Waals surface area contributed by atoms with Crippen LogP contribution in [0.1, 0.15) is 21.7 Å². The Bertz CT molecular complexity index is 789. The highest BCUT2D eigenvalue weighted by atomic mass is 32.1. The number of nitrogens with zero attached hydrogens (tertiary/aromatic N) is 2. The van der Waals surface area contributed by atoms with E-state index in [1.807, 2.05) is 23.6 Å². The largest absolute Gasteiger partial charge is 0.309 e. The molecular weight excluding hydrogens is 300 g/mol. The Morgan fingerprint density at radius 3 is 2.61 bits per heavy atom. The zero-order chi connectivity index (χ0) is 16.2. The molecule has 0 aliphatic rings. The number of rotatable bonds is 6. The third-order valence-electron chi connectivity index (χ3n) is 4.30. The molecule has 120 valence electrons. The summed E-state index contributed by atoms with van der Waals surface area (Å²) in [5.41, 5.74) is 4.04. The number of benzene rings is 1. The van der Waals surface area contributed by atoms with Crippen LogP contribution >= 0.6 is 11.3 Å². The molecule has 0 radical (unpaired) electrons. The Morgan fingerprint density at radius 2 is 1.83 bits per heavy atom. The standard InChI is InChI=1S/C20H24N2S/c1-15-7-6-13-21-18(15)11-10-17-16-8-4-5-9-19(16)23-20(17)12-14-22(2)3/h4-9,13H,10-12,14H2,1-3H3. The fourth-order valence-electron chi connectivity index (χ4n) is 2.97. The SMILES string of the molecule is Cc1cccnc1CCc1c(CCN(C)C)sc2ccccc12. The minimum Gasteiger partial charge on any atom is -0.309 e. The van der Waals surface area contributed by atoms with Crippen molar-refractivity contribution in [2.24, 2.45) is 0 Å². The normalized spacial score (nSPS) is 11.5. The molecule has 0 atom stereocenters. The van der Waals surface area contributed by atoms with E-state index >= 15 is 0 Å². The molecule has 2 aromatic heterocycles. The second-order valence-corrected chi connectivity index (χ2v) is 7.46. The molecule has 0 aliphatic carbocycles. The highest BCUT2D eigenvalue weighted by Gasteiger charge is 2.13. The van der Waals surface area contributed by atoms with Crippen molar-refractivity contribution < 1.29 is 0 Å². The number of thiophene rings is 1. The van der Waals surface area contributed by atoms with Gasteiger partial charge in [-0.15, -0.1) is 11.3 Å². The molecule has 0 spiro atoms. The molecule has 3 rings (SSSR count). The van der Waals surface area contributed by atoms with Crippen molar-refractivity contribution in [2.75, 3.05) is 20.6 Å². The highest BCUT2D eigenvalue weighted by Crippen LogP contribution is 2.32. The van der Waals surface area contributed by atoms with Crippen molar-refractivity contribution in [3.63, 3.8) is 0 Å².